The number of hydrogen-bond acceptors (Lipinski definition) is 6. The Morgan fingerprint density at radius 2 is 2.08 bits per heavy atom. The number of likely N-dealkylation sites (tertiary alicyclic amines) is 1. The summed E-state index contributed by atoms with van der Waals surface area (Å²) in [6.45, 7) is 4.72. The molecule has 1 fully saturated rings. The lowest BCUT2D eigenvalue weighted by atomic mass is 9.93. The summed E-state index contributed by atoms with van der Waals surface area (Å²) in [6.07, 6.45) is 7.25. The van der Waals surface area contributed by atoms with Crippen molar-refractivity contribution in [3.63, 3.8) is 0 Å². The number of pyridine rings is 1. The van der Waals surface area contributed by atoms with Gasteiger partial charge in [0.15, 0.2) is 0 Å². The second-order valence-corrected chi connectivity index (χ2v) is 6.63. The maximum absolute atomic E-state index is 5.02. The van der Waals surface area contributed by atoms with Crippen LogP contribution in [0, 0.1) is 5.92 Å². The predicted molar refractivity (Wildman–Crippen MR) is 98.3 cm³/mol. The van der Waals surface area contributed by atoms with E-state index in [2.05, 4.69) is 43.6 Å². The van der Waals surface area contributed by atoms with Gasteiger partial charge in [-0.1, -0.05) is 0 Å². The summed E-state index contributed by atoms with van der Waals surface area (Å²) in [7, 11) is 1.69. The Hall–Kier alpha value is -2.05. The minimum atomic E-state index is 0.650. The lowest BCUT2D eigenvalue weighted by molar-refractivity contribution is 0.166. The van der Waals surface area contributed by atoms with Crippen LogP contribution in [0.5, 0.6) is 0 Å². The topological polar surface area (TPSA) is 63.2 Å². The van der Waals surface area contributed by atoms with Crippen LogP contribution in [-0.2, 0) is 17.7 Å². The molecule has 0 unspecified atom stereocenters. The van der Waals surface area contributed by atoms with Crippen molar-refractivity contribution in [2.24, 2.45) is 5.92 Å². The third kappa shape index (κ3) is 5.76. The zero-order chi connectivity index (χ0) is 17.3. The van der Waals surface area contributed by atoms with E-state index in [9.17, 15) is 0 Å². The molecule has 1 atom stereocenters. The molecule has 0 aliphatic carbocycles. The van der Waals surface area contributed by atoms with Gasteiger partial charge in [0, 0.05) is 39.1 Å². The summed E-state index contributed by atoms with van der Waals surface area (Å²) < 4.78 is 5.02. The summed E-state index contributed by atoms with van der Waals surface area (Å²) in [5.41, 5.74) is 2.41. The molecule has 1 saturated heterocycles. The first kappa shape index (κ1) is 17.8. The fraction of sp³-hybridized carbons (Fsp3) is 0.526. The highest BCUT2D eigenvalue weighted by molar-refractivity contribution is 5.32. The van der Waals surface area contributed by atoms with Crippen molar-refractivity contribution >= 4 is 5.82 Å². The molecule has 6 heteroatoms. The zero-order valence-corrected chi connectivity index (χ0v) is 14.9. The van der Waals surface area contributed by atoms with Gasteiger partial charge in [-0.3, -0.25) is 9.88 Å². The Labute approximate surface area is 149 Å². The number of nitrogens with one attached hydrogen (secondary N) is 1. The average Bonchev–Trinajstić information content (AvgIpc) is 2.65. The molecular formula is C19H27N5O. The third-order valence-electron chi connectivity index (χ3n) is 4.59. The van der Waals surface area contributed by atoms with Gasteiger partial charge in [0.25, 0.3) is 0 Å². The van der Waals surface area contributed by atoms with Gasteiger partial charge in [0.1, 0.15) is 5.82 Å². The maximum atomic E-state index is 5.02. The number of rotatable bonds is 8. The molecule has 0 aromatic carbocycles. The molecule has 0 radical (unpaired) electrons. The molecule has 0 bridgehead atoms. The SMILES string of the molecule is COCCNc1ccc(C[C@@H]2CCCN(Cc3ccncc3)C2)nn1. The molecule has 0 spiro atoms. The summed E-state index contributed by atoms with van der Waals surface area (Å²) in [4.78, 5) is 6.63. The Bertz CT molecular complexity index is 619. The van der Waals surface area contributed by atoms with E-state index in [1.165, 1.54) is 24.9 Å². The van der Waals surface area contributed by atoms with Crippen molar-refractivity contribution < 1.29 is 4.74 Å². The lowest BCUT2D eigenvalue weighted by Gasteiger charge is -2.32. The van der Waals surface area contributed by atoms with Crippen LogP contribution in [0.4, 0.5) is 5.82 Å². The van der Waals surface area contributed by atoms with Gasteiger partial charge in [-0.25, -0.2) is 0 Å². The molecule has 0 saturated carbocycles. The summed E-state index contributed by atoms with van der Waals surface area (Å²) in [5, 5.41) is 11.8. The van der Waals surface area contributed by atoms with E-state index in [0.717, 1.165) is 37.6 Å². The second-order valence-electron chi connectivity index (χ2n) is 6.63. The Balaban J connectivity index is 1.48. The first-order valence-corrected chi connectivity index (χ1v) is 9.00. The molecule has 3 heterocycles. The Morgan fingerprint density at radius 3 is 2.84 bits per heavy atom. The molecule has 2 aromatic rings. The highest BCUT2D eigenvalue weighted by Crippen LogP contribution is 2.21. The number of nitrogens with zero attached hydrogens (tertiary/aromatic N) is 4. The number of ether oxygens (including phenoxy) is 1. The highest BCUT2D eigenvalue weighted by atomic mass is 16.5. The molecule has 6 nitrogen and oxygen atoms in total. The molecule has 3 rings (SSSR count). The quantitative estimate of drug-likeness (QED) is 0.744. The van der Waals surface area contributed by atoms with Crippen molar-refractivity contribution in [3.8, 4) is 0 Å². The number of methoxy groups -OCH3 is 1. The second kappa shape index (κ2) is 9.44. The van der Waals surface area contributed by atoms with E-state index in [4.69, 9.17) is 4.74 Å². The van der Waals surface area contributed by atoms with E-state index < -0.39 is 0 Å². The largest absolute Gasteiger partial charge is 0.383 e. The van der Waals surface area contributed by atoms with Crippen LogP contribution in [0.25, 0.3) is 0 Å². The van der Waals surface area contributed by atoms with Crippen LogP contribution in [0.1, 0.15) is 24.1 Å². The maximum Gasteiger partial charge on any atom is 0.148 e. The number of piperidine rings is 1. The van der Waals surface area contributed by atoms with E-state index in [-0.39, 0.29) is 0 Å². The van der Waals surface area contributed by atoms with Gasteiger partial charge in [-0.15, -0.1) is 5.10 Å². The van der Waals surface area contributed by atoms with Gasteiger partial charge >= 0.3 is 0 Å². The van der Waals surface area contributed by atoms with Crippen molar-refractivity contribution in [1.29, 1.82) is 0 Å². The lowest BCUT2D eigenvalue weighted by Crippen LogP contribution is -2.35. The molecule has 0 amide bonds. The van der Waals surface area contributed by atoms with Crippen LogP contribution in [0.3, 0.4) is 0 Å². The minimum Gasteiger partial charge on any atom is -0.383 e. The summed E-state index contributed by atoms with van der Waals surface area (Å²) in [6, 6.07) is 8.30. The molecule has 2 aromatic heterocycles. The number of anilines is 1. The van der Waals surface area contributed by atoms with Crippen LogP contribution >= 0.6 is 0 Å². The standard InChI is InChI=1S/C19H27N5O/c1-25-12-10-21-19-5-4-18(22-23-19)13-17-3-2-11-24(15-17)14-16-6-8-20-9-7-16/h4-9,17H,2-3,10-15H2,1H3,(H,21,23)/t17-/m0/s1. The van der Waals surface area contributed by atoms with Gasteiger partial charge in [0.05, 0.1) is 12.3 Å². The van der Waals surface area contributed by atoms with E-state index >= 15 is 0 Å². The van der Waals surface area contributed by atoms with E-state index in [0.29, 0.717) is 12.5 Å². The molecular weight excluding hydrogens is 314 g/mol. The number of hydrogen-bond donors (Lipinski definition) is 1. The predicted octanol–water partition coefficient (Wildman–Crippen LogP) is 2.38. The Morgan fingerprint density at radius 1 is 1.20 bits per heavy atom. The molecule has 25 heavy (non-hydrogen) atoms. The monoisotopic (exact) mass is 341 g/mol. The van der Waals surface area contributed by atoms with Gasteiger partial charge < -0.3 is 10.1 Å². The van der Waals surface area contributed by atoms with Crippen molar-refractivity contribution in [2.45, 2.75) is 25.8 Å². The van der Waals surface area contributed by atoms with Crippen LogP contribution < -0.4 is 5.32 Å². The zero-order valence-electron chi connectivity index (χ0n) is 14.9. The molecule has 1 aliphatic heterocycles. The van der Waals surface area contributed by atoms with E-state index in [1.807, 2.05) is 18.5 Å². The first-order chi connectivity index (χ1) is 12.3. The molecule has 1 N–H and O–H groups in total. The highest BCUT2D eigenvalue weighted by Gasteiger charge is 2.20. The van der Waals surface area contributed by atoms with Crippen molar-refractivity contribution in [2.75, 3.05) is 38.7 Å². The average molecular weight is 341 g/mol. The third-order valence-corrected chi connectivity index (χ3v) is 4.59. The van der Waals surface area contributed by atoms with Crippen molar-refractivity contribution in [3.05, 3.63) is 47.9 Å². The van der Waals surface area contributed by atoms with Crippen molar-refractivity contribution in [1.82, 2.24) is 20.1 Å². The van der Waals surface area contributed by atoms with Gasteiger partial charge in [-0.05, 0) is 61.6 Å². The Kier molecular flexibility index (Phi) is 6.71. The van der Waals surface area contributed by atoms with Crippen LogP contribution in [0.2, 0.25) is 0 Å². The van der Waals surface area contributed by atoms with E-state index in [1.54, 1.807) is 7.11 Å². The summed E-state index contributed by atoms with van der Waals surface area (Å²) in [5.74, 6) is 1.46. The van der Waals surface area contributed by atoms with Crippen LogP contribution in [-0.4, -0.2) is 53.4 Å². The smallest absolute Gasteiger partial charge is 0.148 e. The van der Waals surface area contributed by atoms with Gasteiger partial charge in [-0.2, -0.15) is 5.10 Å². The molecule has 134 valence electrons. The fourth-order valence-corrected chi connectivity index (χ4v) is 3.35. The normalized spacial score (nSPS) is 18.2. The fourth-order valence-electron chi connectivity index (χ4n) is 3.35. The number of aromatic nitrogens is 3. The first-order valence-electron chi connectivity index (χ1n) is 9.00. The molecule has 1 aliphatic rings. The minimum absolute atomic E-state index is 0.650. The summed E-state index contributed by atoms with van der Waals surface area (Å²) >= 11 is 0. The van der Waals surface area contributed by atoms with Gasteiger partial charge in [0.2, 0.25) is 0 Å². The van der Waals surface area contributed by atoms with Crippen LogP contribution in [0.15, 0.2) is 36.7 Å².